The zero-order valence-electron chi connectivity index (χ0n) is 7.72. The lowest BCUT2D eigenvalue weighted by Gasteiger charge is -2.05. The molecule has 1 aromatic rings. The quantitative estimate of drug-likeness (QED) is 0.517. The Morgan fingerprint density at radius 2 is 2.00 bits per heavy atom. The molecule has 2 nitrogen and oxygen atoms in total. The van der Waals surface area contributed by atoms with E-state index >= 15 is 0 Å². The van der Waals surface area contributed by atoms with Gasteiger partial charge < -0.3 is 0 Å². The van der Waals surface area contributed by atoms with Crippen LogP contribution in [-0.4, -0.2) is 13.6 Å². The molecule has 0 bridgehead atoms. The molecule has 2 heteroatoms. The average Bonchev–Trinajstić information content (AvgIpc) is 2.09. The van der Waals surface area contributed by atoms with Gasteiger partial charge in [0.15, 0.2) is 0 Å². The van der Waals surface area contributed by atoms with Crippen molar-refractivity contribution in [3.8, 4) is 0 Å². The van der Waals surface area contributed by atoms with Gasteiger partial charge in [0, 0.05) is 6.54 Å². The van der Waals surface area contributed by atoms with Crippen molar-refractivity contribution in [3.63, 3.8) is 0 Å². The molecule has 0 aliphatic heterocycles. The topological polar surface area (TPSA) is 24.1 Å². The van der Waals surface area contributed by atoms with Crippen LogP contribution in [0.25, 0.3) is 0 Å². The summed E-state index contributed by atoms with van der Waals surface area (Å²) in [4.78, 5) is 0. The molecule has 0 heterocycles. The van der Waals surface area contributed by atoms with E-state index in [1.807, 2.05) is 7.05 Å². The second-order valence-electron chi connectivity index (χ2n) is 2.85. The molecule has 0 saturated heterocycles. The van der Waals surface area contributed by atoms with E-state index in [-0.39, 0.29) is 0 Å². The van der Waals surface area contributed by atoms with Crippen molar-refractivity contribution in [2.45, 2.75) is 13.3 Å². The van der Waals surface area contributed by atoms with Crippen LogP contribution in [0.4, 0.5) is 0 Å². The number of nitrogens with one attached hydrogen (secondary N) is 2. The van der Waals surface area contributed by atoms with Gasteiger partial charge in [-0.1, -0.05) is 24.3 Å². The van der Waals surface area contributed by atoms with Crippen molar-refractivity contribution >= 4 is 0 Å². The van der Waals surface area contributed by atoms with Crippen LogP contribution in [0.15, 0.2) is 24.3 Å². The summed E-state index contributed by atoms with van der Waals surface area (Å²) < 4.78 is 0. The van der Waals surface area contributed by atoms with Gasteiger partial charge >= 0.3 is 0 Å². The predicted molar refractivity (Wildman–Crippen MR) is 51.9 cm³/mol. The van der Waals surface area contributed by atoms with Crippen LogP contribution in [0.1, 0.15) is 11.1 Å². The maximum atomic E-state index is 3.07. The molecule has 0 aliphatic rings. The number of hydrogen-bond acceptors (Lipinski definition) is 2. The second kappa shape index (κ2) is 4.91. The molecule has 0 saturated carbocycles. The third kappa shape index (κ3) is 2.64. The van der Waals surface area contributed by atoms with E-state index in [9.17, 15) is 0 Å². The minimum absolute atomic E-state index is 0.974. The zero-order chi connectivity index (χ0) is 8.81. The normalized spacial score (nSPS) is 10.2. The summed E-state index contributed by atoms with van der Waals surface area (Å²) >= 11 is 0. The largest absolute Gasteiger partial charge is 0.261 e. The molecule has 1 aromatic carbocycles. The third-order valence-corrected chi connectivity index (χ3v) is 1.96. The van der Waals surface area contributed by atoms with Gasteiger partial charge in [0.2, 0.25) is 0 Å². The van der Waals surface area contributed by atoms with Gasteiger partial charge in [-0.15, -0.1) is 0 Å². The molecule has 0 atom stereocenters. The van der Waals surface area contributed by atoms with Crippen molar-refractivity contribution in [2.24, 2.45) is 0 Å². The highest BCUT2D eigenvalue weighted by atomic mass is 15.3. The summed E-state index contributed by atoms with van der Waals surface area (Å²) in [6, 6.07) is 8.48. The van der Waals surface area contributed by atoms with Gasteiger partial charge in [0.25, 0.3) is 0 Å². The molecule has 2 N–H and O–H groups in total. The molecule has 0 aliphatic carbocycles. The Hall–Kier alpha value is -0.860. The van der Waals surface area contributed by atoms with Crippen LogP contribution in [-0.2, 0) is 6.42 Å². The Labute approximate surface area is 74.0 Å². The summed E-state index contributed by atoms with van der Waals surface area (Å²) in [7, 11) is 1.89. The van der Waals surface area contributed by atoms with Crippen LogP contribution >= 0.6 is 0 Å². The van der Waals surface area contributed by atoms with E-state index in [1.165, 1.54) is 11.1 Å². The van der Waals surface area contributed by atoms with Crippen molar-refractivity contribution in [2.75, 3.05) is 13.6 Å². The van der Waals surface area contributed by atoms with E-state index in [1.54, 1.807) is 0 Å². The maximum Gasteiger partial charge on any atom is 0.0140 e. The summed E-state index contributed by atoms with van der Waals surface area (Å²) in [5, 5.41) is 0. The van der Waals surface area contributed by atoms with Gasteiger partial charge in [0.1, 0.15) is 0 Å². The fourth-order valence-electron chi connectivity index (χ4n) is 1.21. The van der Waals surface area contributed by atoms with Gasteiger partial charge in [-0.05, 0) is 31.5 Å². The molecule has 12 heavy (non-hydrogen) atoms. The molecule has 0 unspecified atom stereocenters. The Morgan fingerprint density at radius 1 is 1.25 bits per heavy atom. The Kier molecular flexibility index (Phi) is 3.77. The number of hydrazine groups is 1. The lowest BCUT2D eigenvalue weighted by atomic mass is 10.1. The van der Waals surface area contributed by atoms with Crippen molar-refractivity contribution in [1.29, 1.82) is 0 Å². The Balaban J connectivity index is 2.46. The molecular weight excluding hydrogens is 148 g/mol. The summed E-state index contributed by atoms with van der Waals surface area (Å²) in [6.45, 7) is 3.12. The molecule has 1 rings (SSSR count). The van der Waals surface area contributed by atoms with Crippen LogP contribution in [0, 0.1) is 6.92 Å². The molecule has 0 amide bonds. The van der Waals surface area contributed by atoms with Crippen LogP contribution < -0.4 is 10.9 Å². The van der Waals surface area contributed by atoms with E-state index in [4.69, 9.17) is 0 Å². The fourth-order valence-corrected chi connectivity index (χ4v) is 1.21. The highest BCUT2D eigenvalue weighted by Crippen LogP contribution is 2.06. The summed E-state index contributed by atoms with van der Waals surface area (Å²) in [5.41, 5.74) is 8.77. The highest BCUT2D eigenvalue weighted by Gasteiger charge is 1.94. The van der Waals surface area contributed by atoms with Gasteiger partial charge in [-0.2, -0.15) is 0 Å². The molecule has 0 fully saturated rings. The monoisotopic (exact) mass is 164 g/mol. The molecule has 0 spiro atoms. The lowest BCUT2D eigenvalue weighted by molar-refractivity contribution is 0.597. The first kappa shape index (κ1) is 9.23. The van der Waals surface area contributed by atoms with Gasteiger partial charge in [0.05, 0.1) is 0 Å². The molecular formula is C10H16N2. The van der Waals surface area contributed by atoms with Crippen LogP contribution in [0.5, 0.6) is 0 Å². The molecule has 0 aromatic heterocycles. The number of benzene rings is 1. The minimum atomic E-state index is 0.974. The van der Waals surface area contributed by atoms with Crippen molar-refractivity contribution < 1.29 is 0 Å². The number of aryl methyl sites for hydroxylation is 1. The minimum Gasteiger partial charge on any atom is -0.261 e. The zero-order valence-corrected chi connectivity index (χ0v) is 7.72. The SMILES string of the molecule is CNNCCc1ccccc1C. The van der Waals surface area contributed by atoms with Crippen LogP contribution in [0.3, 0.4) is 0 Å². The van der Waals surface area contributed by atoms with Gasteiger partial charge in [-0.25, -0.2) is 0 Å². The van der Waals surface area contributed by atoms with Crippen LogP contribution in [0.2, 0.25) is 0 Å². The summed E-state index contributed by atoms with van der Waals surface area (Å²) in [6.07, 6.45) is 1.08. The van der Waals surface area contributed by atoms with Gasteiger partial charge in [-0.3, -0.25) is 10.9 Å². The standard InChI is InChI=1S/C10H16N2/c1-9-5-3-4-6-10(9)7-8-12-11-2/h3-6,11-12H,7-8H2,1-2H3. The average molecular weight is 164 g/mol. The first-order valence-electron chi connectivity index (χ1n) is 4.28. The van der Waals surface area contributed by atoms with E-state index < -0.39 is 0 Å². The first-order valence-corrected chi connectivity index (χ1v) is 4.28. The lowest BCUT2D eigenvalue weighted by Crippen LogP contribution is -2.29. The van der Waals surface area contributed by atoms with E-state index in [0.717, 1.165) is 13.0 Å². The molecule has 66 valence electrons. The van der Waals surface area contributed by atoms with E-state index in [2.05, 4.69) is 42.0 Å². The van der Waals surface area contributed by atoms with E-state index in [0.29, 0.717) is 0 Å². The van der Waals surface area contributed by atoms with Crippen molar-refractivity contribution in [3.05, 3.63) is 35.4 Å². The number of hydrogen-bond donors (Lipinski definition) is 2. The highest BCUT2D eigenvalue weighted by molar-refractivity contribution is 5.25. The third-order valence-electron chi connectivity index (χ3n) is 1.96. The summed E-state index contributed by atoms with van der Waals surface area (Å²) in [5.74, 6) is 0. The van der Waals surface area contributed by atoms with Crippen molar-refractivity contribution in [1.82, 2.24) is 10.9 Å². The number of rotatable bonds is 4. The second-order valence-corrected chi connectivity index (χ2v) is 2.85. The molecule has 0 radical (unpaired) electrons. The Bertz CT molecular complexity index is 233. The Morgan fingerprint density at radius 3 is 2.67 bits per heavy atom. The fraction of sp³-hybridized carbons (Fsp3) is 0.400. The smallest absolute Gasteiger partial charge is 0.0140 e. The first-order chi connectivity index (χ1) is 5.84. The maximum absolute atomic E-state index is 3.07. The predicted octanol–water partition coefficient (Wildman–Crippen LogP) is 1.26.